The Labute approximate surface area is 142 Å². The van der Waals surface area contributed by atoms with Gasteiger partial charge in [-0.25, -0.2) is 9.37 Å². The Balaban J connectivity index is 1.71. The van der Waals surface area contributed by atoms with E-state index in [0.29, 0.717) is 24.8 Å². The van der Waals surface area contributed by atoms with E-state index < -0.39 is 0 Å². The van der Waals surface area contributed by atoms with E-state index in [1.54, 1.807) is 18.3 Å². The van der Waals surface area contributed by atoms with E-state index in [9.17, 15) is 4.39 Å². The quantitative estimate of drug-likeness (QED) is 0.882. The molecule has 1 aliphatic rings. The molecule has 0 aliphatic carbocycles. The Morgan fingerprint density at radius 1 is 1.25 bits per heavy atom. The first kappa shape index (κ1) is 16.7. The maximum atomic E-state index is 13.6. The molecule has 0 spiro atoms. The minimum absolute atomic E-state index is 0.184. The molecule has 3 rings (SSSR count). The third kappa shape index (κ3) is 4.03. The van der Waals surface area contributed by atoms with Crippen LogP contribution < -0.4 is 14.8 Å². The van der Waals surface area contributed by atoms with E-state index in [2.05, 4.69) is 10.3 Å². The van der Waals surface area contributed by atoms with Crippen molar-refractivity contribution in [3.63, 3.8) is 0 Å². The molecular weight excluding hydrogens is 307 g/mol. The first-order valence-corrected chi connectivity index (χ1v) is 8.44. The molecule has 0 unspecified atom stereocenters. The molecule has 2 atom stereocenters. The fourth-order valence-corrected chi connectivity index (χ4v) is 3.20. The fraction of sp³-hybridized carbons (Fsp3) is 0.421. The SMILES string of the molecule is CCOc1ncccc1OC[C@H]1CNCC[C@@H]1c1cccc(F)c1. The Kier molecular flexibility index (Phi) is 5.64. The smallest absolute Gasteiger partial charge is 0.256 e. The minimum atomic E-state index is -0.184. The van der Waals surface area contributed by atoms with Gasteiger partial charge in [0.25, 0.3) is 5.88 Å². The molecule has 1 N–H and O–H groups in total. The predicted octanol–water partition coefficient (Wildman–Crippen LogP) is 3.39. The van der Waals surface area contributed by atoms with Gasteiger partial charge in [0.15, 0.2) is 5.75 Å². The summed E-state index contributed by atoms with van der Waals surface area (Å²) < 4.78 is 25.1. The highest BCUT2D eigenvalue weighted by Gasteiger charge is 2.27. The molecule has 1 aliphatic heterocycles. The zero-order valence-corrected chi connectivity index (χ0v) is 13.9. The lowest BCUT2D eigenvalue weighted by Gasteiger charge is -2.32. The second-order valence-electron chi connectivity index (χ2n) is 5.97. The number of benzene rings is 1. The maximum Gasteiger partial charge on any atom is 0.256 e. The van der Waals surface area contributed by atoms with Crippen molar-refractivity contribution in [1.29, 1.82) is 0 Å². The zero-order chi connectivity index (χ0) is 16.8. The monoisotopic (exact) mass is 330 g/mol. The number of aromatic nitrogens is 1. The largest absolute Gasteiger partial charge is 0.488 e. The van der Waals surface area contributed by atoms with E-state index >= 15 is 0 Å². The minimum Gasteiger partial charge on any atom is -0.488 e. The van der Waals surface area contributed by atoms with Crippen LogP contribution in [0.4, 0.5) is 4.39 Å². The summed E-state index contributed by atoms with van der Waals surface area (Å²) in [5, 5.41) is 3.40. The van der Waals surface area contributed by atoms with Crippen molar-refractivity contribution >= 4 is 0 Å². The van der Waals surface area contributed by atoms with E-state index in [1.807, 2.05) is 25.1 Å². The topological polar surface area (TPSA) is 43.4 Å². The Hall–Kier alpha value is -2.14. The number of nitrogens with one attached hydrogen (secondary N) is 1. The number of pyridine rings is 1. The maximum absolute atomic E-state index is 13.6. The lowest BCUT2D eigenvalue weighted by molar-refractivity contribution is 0.187. The standard InChI is InChI=1S/C19H23FN2O2/c1-2-23-19-18(7-4-9-22-19)24-13-15-12-21-10-8-17(15)14-5-3-6-16(20)11-14/h3-7,9,11,15,17,21H,2,8,10,12-13H2,1H3/t15-,17-/m1/s1. The van der Waals surface area contributed by atoms with Crippen LogP contribution in [0.1, 0.15) is 24.8 Å². The van der Waals surface area contributed by atoms with Crippen LogP contribution in [0.15, 0.2) is 42.6 Å². The van der Waals surface area contributed by atoms with Crippen LogP contribution >= 0.6 is 0 Å². The van der Waals surface area contributed by atoms with Crippen molar-refractivity contribution in [2.24, 2.45) is 5.92 Å². The highest BCUT2D eigenvalue weighted by molar-refractivity contribution is 5.32. The molecule has 4 nitrogen and oxygen atoms in total. The van der Waals surface area contributed by atoms with Gasteiger partial charge in [-0.05, 0) is 55.6 Å². The molecule has 1 aromatic carbocycles. The van der Waals surface area contributed by atoms with Crippen molar-refractivity contribution in [3.05, 3.63) is 54.0 Å². The summed E-state index contributed by atoms with van der Waals surface area (Å²) in [6.45, 7) is 4.80. The molecule has 128 valence electrons. The number of piperidine rings is 1. The molecule has 0 saturated carbocycles. The zero-order valence-electron chi connectivity index (χ0n) is 13.9. The molecule has 0 amide bonds. The fourth-order valence-electron chi connectivity index (χ4n) is 3.20. The summed E-state index contributed by atoms with van der Waals surface area (Å²) in [6.07, 6.45) is 2.67. The van der Waals surface area contributed by atoms with Crippen molar-refractivity contribution in [2.45, 2.75) is 19.3 Å². The first-order valence-electron chi connectivity index (χ1n) is 8.44. The summed E-state index contributed by atoms with van der Waals surface area (Å²) in [6, 6.07) is 10.6. The lowest BCUT2D eigenvalue weighted by Crippen LogP contribution is -2.38. The third-order valence-electron chi connectivity index (χ3n) is 4.35. The average Bonchev–Trinajstić information content (AvgIpc) is 2.61. The van der Waals surface area contributed by atoms with Crippen LogP contribution in [-0.2, 0) is 0 Å². The van der Waals surface area contributed by atoms with Gasteiger partial charge in [0.2, 0.25) is 0 Å². The molecule has 1 aromatic heterocycles. The molecule has 2 aromatic rings. The Morgan fingerprint density at radius 3 is 3.00 bits per heavy atom. The molecule has 1 fully saturated rings. The van der Waals surface area contributed by atoms with E-state index in [0.717, 1.165) is 25.1 Å². The lowest BCUT2D eigenvalue weighted by atomic mass is 9.81. The second-order valence-corrected chi connectivity index (χ2v) is 5.97. The van der Waals surface area contributed by atoms with Gasteiger partial charge >= 0.3 is 0 Å². The van der Waals surface area contributed by atoms with Gasteiger partial charge < -0.3 is 14.8 Å². The van der Waals surface area contributed by atoms with E-state index in [1.165, 1.54) is 6.07 Å². The number of hydrogen-bond acceptors (Lipinski definition) is 4. The third-order valence-corrected chi connectivity index (χ3v) is 4.35. The summed E-state index contributed by atoms with van der Waals surface area (Å²) in [5.74, 6) is 1.55. The molecular formula is C19H23FN2O2. The molecule has 24 heavy (non-hydrogen) atoms. The molecule has 1 saturated heterocycles. The molecule has 2 heterocycles. The number of hydrogen-bond donors (Lipinski definition) is 1. The molecule has 0 radical (unpaired) electrons. The van der Waals surface area contributed by atoms with Gasteiger partial charge in [0, 0.05) is 18.7 Å². The first-order chi connectivity index (χ1) is 11.8. The number of nitrogens with zero attached hydrogens (tertiary/aromatic N) is 1. The van der Waals surface area contributed by atoms with Crippen molar-refractivity contribution in [1.82, 2.24) is 10.3 Å². The van der Waals surface area contributed by atoms with Gasteiger partial charge in [-0.1, -0.05) is 12.1 Å². The second kappa shape index (κ2) is 8.11. The summed E-state index contributed by atoms with van der Waals surface area (Å²) in [4.78, 5) is 4.21. The van der Waals surface area contributed by atoms with Crippen LogP contribution in [0.25, 0.3) is 0 Å². The highest BCUT2D eigenvalue weighted by atomic mass is 19.1. The Bertz CT molecular complexity index is 665. The van der Waals surface area contributed by atoms with Gasteiger partial charge in [0.1, 0.15) is 5.82 Å². The normalized spacial score (nSPS) is 20.6. The number of rotatable bonds is 6. The van der Waals surface area contributed by atoms with Crippen LogP contribution in [-0.4, -0.2) is 31.3 Å². The van der Waals surface area contributed by atoms with Gasteiger partial charge in [-0.3, -0.25) is 0 Å². The van der Waals surface area contributed by atoms with Crippen LogP contribution in [0.3, 0.4) is 0 Å². The summed E-state index contributed by atoms with van der Waals surface area (Å²) in [5.41, 5.74) is 1.04. The van der Waals surface area contributed by atoms with Crippen LogP contribution in [0, 0.1) is 11.7 Å². The predicted molar refractivity (Wildman–Crippen MR) is 91.0 cm³/mol. The van der Waals surface area contributed by atoms with E-state index in [4.69, 9.17) is 9.47 Å². The molecule has 0 bridgehead atoms. The van der Waals surface area contributed by atoms with E-state index in [-0.39, 0.29) is 17.7 Å². The van der Waals surface area contributed by atoms with Crippen molar-refractivity contribution in [3.8, 4) is 11.6 Å². The van der Waals surface area contributed by atoms with Crippen LogP contribution in [0.2, 0.25) is 0 Å². The summed E-state index contributed by atoms with van der Waals surface area (Å²) >= 11 is 0. The van der Waals surface area contributed by atoms with Crippen LogP contribution in [0.5, 0.6) is 11.6 Å². The average molecular weight is 330 g/mol. The van der Waals surface area contributed by atoms with Crippen molar-refractivity contribution < 1.29 is 13.9 Å². The van der Waals surface area contributed by atoms with Gasteiger partial charge in [0.05, 0.1) is 13.2 Å². The molecule has 5 heteroatoms. The van der Waals surface area contributed by atoms with Crippen molar-refractivity contribution in [2.75, 3.05) is 26.3 Å². The van der Waals surface area contributed by atoms with Gasteiger partial charge in [-0.2, -0.15) is 0 Å². The highest BCUT2D eigenvalue weighted by Crippen LogP contribution is 2.32. The number of ether oxygens (including phenoxy) is 2. The van der Waals surface area contributed by atoms with Gasteiger partial charge in [-0.15, -0.1) is 0 Å². The summed E-state index contributed by atoms with van der Waals surface area (Å²) in [7, 11) is 0. The Morgan fingerprint density at radius 2 is 2.17 bits per heavy atom. The number of halogens is 1.